The molecule has 1 amide bonds. The topological polar surface area (TPSA) is 86.7 Å². The van der Waals surface area contributed by atoms with Crippen molar-refractivity contribution in [3.63, 3.8) is 0 Å². The Labute approximate surface area is 169 Å². The van der Waals surface area contributed by atoms with Crippen molar-refractivity contribution in [3.05, 3.63) is 57.4 Å². The first kappa shape index (κ1) is 20.1. The van der Waals surface area contributed by atoms with Gasteiger partial charge in [-0.3, -0.25) is 14.9 Å². The Morgan fingerprint density at radius 3 is 2.68 bits per heavy atom. The molecule has 7 nitrogen and oxygen atoms in total. The molecule has 3 aromatic rings. The lowest BCUT2D eigenvalue weighted by Gasteiger charge is -2.02. The number of aromatic nitrogens is 1. The standard InChI is InChI=1S/C19H19N3O4S2/c1-3-21-16-12-13(22(24)25)4-9-17(16)28-19(21)20-18(23)10-11-27-15-7-5-14(26-2)6-8-15/h4-9,12H,3,10-11H2,1-2H3. The molecule has 1 aromatic heterocycles. The Bertz CT molecular complexity index is 1070. The molecule has 0 spiro atoms. The molecule has 0 radical (unpaired) electrons. The van der Waals surface area contributed by atoms with E-state index in [1.165, 1.54) is 23.5 Å². The highest BCUT2D eigenvalue weighted by Crippen LogP contribution is 2.24. The number of methoxy groups -OCH3 is 1. The van der Waals surface area contributed by atoms with Crippen LogP contribution in [0, 0.1) is 10.1 Å². The summed E-state index contributed by atoms with van der Waals surface area (Å²) in [7, 11) is 1.62. The number of ether oxygens (including phenoxy) is 1. The van der Waals surface area contributed by atoms with Gasteiger partial charge in [-0.15, -0.1) is 11.8 Å². The van der Waals surface area contributed by atoms with Crippen molar-refractivity contribution in [1.82, 2.24) is 4.57 Å². The quantitative estimate of drug-likeness (QED) is 0.326. The Morgan fingerprint density at radius 1 is 1.29 bits per heavy atom. The second kappa shape index (κ2) is 9.03. The van der Waals surface area contributed by atoms with Crippen molar-refractivity contribution in [2.24, 2.45) is 4.99 Å². The molecule has 0 fully saturated rings. The summed E-state index contributed by atoms with van der Waals surface area (Å²) in [6.45, 7) is 2.50. The lowest BCUT2D eigenvalue weighted by atomic mass is 10.3. The second-order valence-corrected chi connectivity index (χ2v) is 7.99. The van der Waals surface area contributed by atoms with Crippen molar-refractivity contribution >= 4 is 44.9 Å². The number of fused-ring (bicyclic) bond motifs is 1. The lowest BCUT2D eigenvalue weighted by Crippen LogP contribution is -2.16. The first-order valence-electron chi connectivity index (χ1n) is 8.64. The van der Waals surface area contributed by atoms with Crippen molar-refractivity contribution in [1.29, 1.82) is 0 Å². The van der Waals surface area contributed by atoms with Crippen LogP contribution in [-0.2, 0) is 11.3 Å². The number of rotatable bonds is 7. The average molecular weight is 418 g/mol. The first-order chi connectivity index (χ1) is 13.5. The number of non-ortho nitro benzene ring substituents is 1. The number of hydrogen-bond donors (Lipinski definition) is 0. The fraction of sp³-hybridized carbons (Fsp3) is 0.263. The van der Waals surface area contributed by atoms with E-state index < -0.39 is 4.92 Å². The van der Waals surface area contributed by atoms with E-state index in [9.17, 15) is 14.9 Å². The number of hydrogen-bond acceptors (Lipinski definition) is 6. The number of benzene rings is 2. The van der Waals surface area contributed by atoms with Crippen LogP contribution < -0.4 is 9.54 Å². The zero-order valence-corrected chi connectivity index (χ0v) is 17.1. The molecule has 3 rings (SSSR count). The second-order valence-electron chi connectivity index (χ2n) is 5.82. The van der Waals surface area contributed by atoms with Crippen molar-refractivity contribution < 1.29 is 14.5 Å². The minimum absolute atomic E-state index is 0.0290. The molecular formula is C19H19N3O4S2. The summed E-state index contributed by atoms with van der Waals surface area (Å²) < 4.78 is 7.83. The molecule has 2 aromatic carbocycles. The predicted molar refractivity (Wildman–Crippen MR) is 111 cm³/mol. The molecule has 28 heavy (non-hydrogen) atoms. The monoisotopic (exact) mass is 417 g/mol. The van der Waals surface area contributed by atoms with Crippen LogP contribution in [0.15, 0.2) is 52.4 Å². The Hall–Kier alpha value is -2.65. The molecule has 0 atom stereocenters. The van der Waals surface area contributed by atoms with Gasteiger partial charge in [-0.2, -0.15) is 4.99 Å². The summed E-state index contributed by atoms with van der Waals surface area (Å²) in [6.07, 6.45) is 0.314. The minimum atomic E-state index is -0.421. The Balaban J connectivity index is 1.73. The van der Waals surface area contributed by atoms with E-state index in [2.05, 4.69) is 4.99 Å². The van der Waals surface area contributed by atoms with Gasteiger partial charge in [0.2, 0.25) is 5.91 Å². The van der Waals surface area contributed by atoms with Gasteiger partial charge in [0, 0.05) is 35.7 Å². The van der Waals surface area contributed by atoms with E-state index in [0.717, 1.165) is 20.9 Å². The normalized spacial score (nSPS) is 11.7. The van der Waals surface area contributed by atoms with E-state index in [1.807, 2.05) is 35.8 Å². The summed E-state index contributed by atoms with van der Waals surface area (Å²) in [5.41, 5.74) is 0.752. The van der Waals surface area contributed by atoms with Gasteiger partial charge in [-0.05, 0) is 37.3 Å². The van der Waals surface area contributed by atoms with E-state index >= 15 is 0 Å². The average Bonchev–Trinajstić information content (AvgIpc) is 3.04. The van der Waals surface area contributed by atoms with Crippen molar-refractivity contribution in [2.45, 2.75) is 24.8 Å². The van der Waals surface area contributed by atoms with E-state index in [-0.39, 0.29) is 11.6 Å². The highest BCUT2D eigenvalue weighted by molar-refractivity contribution is 7.99. The van der Waals surface area contributed by atoms with Crippen LogP contribution >= 0.6 is 23.1 Å². The van der Waals surface area contributed by atoms with Crippen molar-refractivity contribution in [2.75, 3.05) is 12.9 Å². The molecular weight excluding hydrogens is 398 g/mol. The van der Waals surface area contributed by atoms with Crippen molar-refractivity contribution in [3.8, 4) is 5.75 Å². The summed E-state index contributed by atoms with van der Waals surface area (Å²) in [5, 5.41) is 11.0. The smallest absolute Gasteiger partial charge is 0.271 e. The SMILES string of the molecule is CCn1c(=NC(=O)CCSc2ccc(OC)cc2)sc2ccc([N+](=O)[O-])cc21. The van der Waals surface area contributed by atoms with Crippen LogP contribution in [0.3, 0.4) is 0 Å². The number of aryl methyl sites for hydroxylation is 1. The van der Waals surface area contributed by atoms with Crippen LogP contribution in [0.25, 0.3) is 10.2 Å². The fourth-order valence-electron chi connectivity index (χ4n) is 2.65. The maximum atomic E-state index is 12.3. The highest BCUT2D eigenvalue weighted by atomic mass is 32.2. The summed E-state index contributed by atoms with van der Waals surface area (Å²) >= 11 is 2.95. The van der Waals surface area contributed by atoms with Gasteiger partial charge < -0.3 is 9.30 Å². The molecule has 0 N–H and O–H groups in total. The van der Waals surface area contributed by atoms with Gasteiger partial charge in [0.25, 0.3) is 5.69 Å². The minimum Gasteiger partial charge on any atom is -0.497 e. The molecule has 146 valence electrons. The van der Waals surface area contributed by atoms with Crippen LogP contribution in [0.4, 0.5) is 5.69 Å². The summed E-state index contributed by atoms with van der Waals surface area (Å²) in [4.78, 5) is 28.8. The van der Waals surface area contributed by atoms with Crippen LogP contribution in [0.5, 0.6) is 5.75 Å². The third kappa shape index (κ3) is 4.60. The van der Waals surface area contributed by atoms with Gasteiger partial charge in [0.15, 0.2) is 4.80 Å². The third-order valence-electron chi connectivity index (χ3n) is 4.06. The predicted octanol–water partition coefficient (Wildman–Crippen LogP) is 4.25. The molecule has 0 saturated carbocycles. The van der Waals surface area contributed by atoms with E-state index in [0.29, 0.717) is 23.5 Å². The number of carbonyl (C=O) groups is 1. The number of nitro groups is 1. The summed E-state index contributed by atoms with van der Waals surface area (Å²) in [5.74, 6) is 1.21. The zero-order chi connectivity index (χ0) is 20.1. The lowest BCUT2D eigenvalue weighted by molar-refractivity contribution is -0.384. The van der Waals surface area contributed by atoms with Gasteiger partial charge in [-0.25, -0.2) is 0 Å². The number of carbonyl (C=O) groups excluding carboxylic acids is 1. The Kier molecular flexibility index (Phi) is 6.48. The first-order valence-corrected chi connectivity index (χ1v) is 10.4. The Morgan fingerprint density at radius 2 is 2.04 bits per heavy atom. The molecule has 9 heteroatoms. The van der Waals surface area contributed by atoms with E-state index in [1.54, 1.807) is 24.9 Å². The number of thioether (sulfide) groups is 1. The largest absolute Gasteiger partial charge is 0.497 e. The molecule has 0 aliphatic heterocycles. The van der Waals surface area contributed by atoms with Gasteiger partial charge in [0.05, 0.1) is 22.2 Å². The number of nitrogens with zero attached hydrogens (tertiary/aromatic N) is 3. The number of nitro benzene ring substituents is 1. The highest BCUT2D eigenvalue weighted by Gasteiger charge is 2.12. The number of thiazole rings is 1. The molecule has 0 saturated heterocycles. The maximum absolute atomic E-state index is 12.3. The van der Waals surface area contributed by atoms with Gasteiger partial charge in [0.1, 0.15) is 5.75 Å². The molecule has 0 unspecified atom stereocenters. The zero-order valence-electron chi connectivity index (χ0n) is 15.5. The third-order valence-corrected chi connectivity index (χ3v) is 6.13. The number of amides is 1. The van der Waals surface area contributed by atoms with Crippen LogP contribution in [0.2, 0.25) is 0 Å². The fourth-order valence-corrected chi connectivity index (χ4v) is 4.59. The van der Waals surface area contributed by atoms with Gasteiger partial charge in [-0.1, -0.05) is 11.3 Å². The van der Waals surface area contributed by atoms with E-state index in [4.69, 9.17) is 4.74 Å². The summed E-state index contributed by atoms with van der Waals surface area (Å²) in [6, 6.07) is 12.4. The molecule has 0 bridgehead atoms. The van der Waals surface area contributed by atoms with Crippen LogP contribution in [0.1, 0.15) is 13.3 Å². The maximum Gasteiger partial charge on any atom is 0.271 e. The molecule has 0 aliphatic rings. The van der Waals surface area contributed by atoms with Crippen LogP contribution in [-0.4, -0.2) is 28.3 Å². The molecule has 1 heterocycles. The van der Waals surface area contributed by atoms with Gasteiger partial charge >= 0.3 is 0 Å². The molecule has 0 aliphatic carbocycles.